The Morgan fingerprint density at radius 1 is 1.10 bits per heavy atom. The number of nitrogens with zero attached hydrogens (tertiary/aromatic N) is 1. The van der Waals surface area contributed by atoms with Gasteiger partial charge in [-0.2, -0.15) is 0 Å². The van der Waals surface area contributed by atoms with E-state index in [-0.39, 0.29) is 6.61 Å². The first-order valence-electron chi connectivity index (χ1n) is 6.64. The smallest absolute Gasteiger partial charge is 0.359 e. The number of rotatable bonds is 4. The molecule has 0 N–H and O–H groups in total. The average Bonchev–Trinajstić information content (AvgIpc) is 2.92. The van der Waals surface area contributed by atoms with Gasteiger partial charge in [-0.05, 0) is 17.7 Å². The minimum atomic E-state index is -0.401. The van der Waals surface area contributed by atoms with E-state index in [2.05, 4.69) is 0 Å². The lowest BCUT2D eigenvalue weighted by molar-refractivity contribution is 0.0461. The molecule has 0 aliphatic rings. The summed E-state index contributed by atoms with van der Waals surface area (Å²) in [4.78, 5) is 12.3. The van der Waals surface area contributed by atoms with Gasteiger partial charge in [-0.25, -0.2) is 4.79 Å². The van der Waals surface area contributed by atoms with Crippen LogP contribution in [0.1, 0.15) is 16.1 Å². The van der Waals surface area contributed by atoms with Crippen molar-refractivity contribution in [3.05, 3.63) is 72.1 Å². The van der Waals surface area contributed by atoms with Crippen LogP contribution in [0.3, 0.4) is 0 Å². The van der Waals surface area contributed by atoms with E-state index in [0.717, 1.165) is 11.1 Å². The monoisotopic (exact) mass is 281 g/mol. The highest BCUT2D eigenvalue weighted by molar-refractivity contribution is 5.93. The van der Waals surface area contributed by atoms with Gasteiger partial charge in [0, 0.05) is 17.8 Å². The van der Waals surface area contributed by atoms with Gasteiger partial charge in [0.2, 0.25) is 0 Å². The number of fused-ring (bicyclic) bond motifs is 1. The first-order valence-corrected chi connectivity index (χ1v) is 6.64. The van der Waals surface area contributed by atoms with Crippen LogP contribution >= 0.6 is 0 Å². The number of methoxy groups -OCH3 is 1. The fourth-order valence-corrected chi connectivity index (χ4v) is 2.24. The maximum absolute atomic E-state index is 12.3. The van der Waals surface area contributed by atoms with Crippen molar-refractivity contribution < 1.29 is 14.3 Å². The van der Waals surface area contributed by atoms with Crippen molar-refractivity contribution in [2.75, 3.05) is 7.11 Å². The van der Waals surface area contributed by atoms with Crippen molar-refractivity contribution in [2.45, 2.75) is 6.61 Å². The van der Waals surface area contributed by atoms with Gasteiger partial charge >= 0.3 is 5.97 Å². The molecule has 0 fully saturated rings. The summed E-state index contributed by atoms with van der Waals surface area (Å²) < 4.78 is 12.4. The average molecular weight is 281 g/mol. The molecular weight excluding hydrogens is 266 g/mol. The van der Waals surface area contributed by atoms with Crippen LogP contribution in [0.15, 0.2) is 60.8 Å². The predicted molar refractivity (Wildman–Crippen MR) is 79.5 cm³/mol. The van der Waals surface area contributed by atoms with Gasteiger partial charge in [0.05, 0.1) is 7.11 Å². The Morgan fingerprint density at radius 3 is 2.62 bits per heavy atom. The first-order chi connectivity index (χ1) is 10.3. The van der Waals surface area contributed by atoms with Crippen molar-refractivity contribution >= 4 is 11.5 Å². The molecule has 21 heavy (non-hydrogen) atoms. The predicted octanol–water partition coefficient (Wildman–Crippen LogP) is 3.30. The number of benzene rings is 1. The fourth-order valence-electron chi connectivity index (χ4n) is 2.24. The van der Waals surface area contributed by atoms with Gasteiger partial charge in [-0.3, -0.25) is 0 Å². The number of esters is 1. The van der Waals surface area contributed by atoms with E-state index in [1.54, 1.807) is 11.5 Å². The molecule has 0 bridgehead atoms. The van der Waals surface area contributed by atoms with Crippen LogP contribution in [0.2, 0.25) is 0 Å². The first kappa shape index (κ1) is 13.2. The minimum Gasteiger partial charge on any atom is -0.494 e. The Labute approximate surface area is 122 Å². The zero-order chi connectivity index (χ0) is 14.7. The van der Waals surface area contributed by atoms with E-state index >= 15 is 0 Å². The third-order valence-corrected chi connectivity index (χ3v) is 3.27. The molecule has 0 aliphatic heterocycles. The second-order valence-electron chi connectivity index (χ2n) is 4.62. The summed E-state index contributed by atoms with van der Waals surface area (Å²) in [7, 11) is 1.54. The van der Waals surface area contributed by atoms with Crippen LogP contribution in [-0.2, 0) is 11.3 Å². The third-order valence-electron chi connectivity index (χ3n) is 3.27. The Bertz CT molecular complexity index is 762. The molecule has 106 valence electrons. The summed E-state index contributed by atoms with van der Waals surface area (Å²) in [6.07, 6.45) is 1.82. The van der Waals surface area contributed by atoms with Crippen LogP contribution in [0, 0.1) is 0 Å². The zero-order valence-electron chi connectivity index (χ0n) is 11.7. The number of hydrogen-bond acceptors (Lipinski definition) is 3. The number of ether oxygens (including phenoxy) is 2. The van der Waals surface area contributed by atoms with Gasteiger partial charge in [-0.15, -0.1) is 0 Å². The molecule has 0 radical (unpaired) electrons. The Hall–Kier alpha value is -2.75. The Morgan fingerprint density at radius 2 is 1.86 bits per heavy atom. The molecule has 2 aromatic heterocycles. The summed E-state index contributed by atoms with van der Waals surface area (Å²) >= 11 is 0. The Kier molecular flexibility index (Phi) is 3.60. The van der Waals surface area contributed by atoms with Crippen molar-refractivity contribution in [1.82, 2.24) is 4.40 Å². The summed E-state index contributed by atoms with van der Waals surface area (Å²) in [5, 5.41) is 0. The van der Waals surface area contributed by atoms with E-state index < -0.39 is 5.97 Å². The fraction of sp³-hybridized carbons (Fsp3) is 0.118. The third kappa shape index (κ3) is 2.60. The summed E-state index contributed by atoms with van der Waals surface area (Å²) in [5.74, 6) is 0.112. The molecule has 0 saturated carbocycles. The van der Waals surface area contributed by atoms with E-state index in [0.29, 0.717) is 11.4 Å². The standard InChI is InChI=1S/C17H15NO3/c1-20-15-11-14-9-5-6-10-18(14)16(15)17(19)21-12-13-7-3-2-4-8-13/h2-11H,12H2,1H3. The van der Waals surface area contributed by atoms with E-state index in [1.165, 1.54) is 0 Å². The summed E-state index contributed by atoms with van der Waals surface area (Å²) in [5.41, 5.74) is 2.25. The number of carbonyl (C=O) groups is 1. The second-order valence-corrected chi connectivity index (χ2v) is 4.62. The highest BCUT2D eigenvalue weighted by Crippen LogP contribution is 2.24. The normalized spacial score (nSPS) is 10.5. The molecule has 3 rings (SSSR count). The molecular formula is C17H15NO3. The molecule has 3 aromatic rings. The molecule has 4 heteroatoms. The second kappa shape index (κ2) is 5.71. The SMILES string of the molecule is COc1cc2ccccn2c1C(=O)OCc1ccccc1. The van der Waals surface area contributed by atoms with E-state index in [4.69, 9.17) is 9.47 Å². The lowest BCUT2D eigenvalue weighted by Gasteiger charge is -2.07. The van der Waals surface area contributed by atoms with Gasteiger partial charge in [0.25, 0.3) is 0 Å². The quantitative estimate of drug-likeness (QED) is 0.689. The van der Waals surface area contributed by atoms with Crippen molar-refractivity contribution in [3.8, 4) is 5.75 Å². The molecule has 0 amide bonds. The number of carbonyl (C=O) groups excluding carboxylic acids is 1. The van der Waals surface area contributed by atoms with Crippen LogP contribution in [0.25, 0.3) is 5.52 Å². The van der Waals surface area contributed by atoms with Crippen LogP contribution in [0.4, 0.5) is 0 Å². The van der Waals surface area contributed by atoms with Gasteiger partial charge < -0.3 is 13.9 Å². The summed E-state index contributed by atoms with van der Waals surface area (Å²) in [6.45, 7) is 0.239. The molecule has 0 saturated heterocycles. The van der Waals surface area contributed by atoms with Crippen LogP contribution < -0.4 is 4.74 Å². The van der Waals surface area contributed by atoms with Crippen molar-refractivity contribution in [3.63, 3.8) is 0 Å². The van der Waals surface area contributed by atoms with Gasteiger partial charge in [-0.1, -0.05) is 36.4 Å². The molecule has 0 unspecified atom stereocenters. The molecule has 2 heterocycles. The van der Waals surface area contributed by atoms with Crippen LogP contribution in [-0.4, -0.2) is 17.5 Å². The van der Waals surface area contributed by atoms with Gasteiger partial charge in [0.15, 0.2) is 11.4 Å². The van der Waals surface area contributed by atoms with Crippen LogP contribution in [0.5, 0.6) is 5.75 Å². The number of hydrogen-bond donors (Lipinski definition) is 0. The number of pyridine rings is 1. The lowest BCUT2D eigenvalue weighted by atomic mass is 10.2. The molecule has 1 aromatic carbocycles. The molecule has 0 atom stereocenters. The largest absolute Gasteiger partial charge is 0.494 e. The lowest BCUT2D eigenvalue weighted by Crippen LogP contribution is -2.09. The molecule has 4 nitrogen and oxygen atoms in total. The highest BCUT2D eigenvalue weighted by Gasteiger charge is 2.19. The summed E-state index contributed by atoms with van der Waals surface area (Å²) in [6, 6.07) is 17.1. The maximum atomic E-state index is 12.3. The highest BCUT2D eigenvalue weighted by atomic mass is 16.5. The Balaban J connectivity index is 1.87. The topological polar surface area (TPSA) is 39.9 Å². The van der Waals surface area contributed by atoms with E-state index in [1.807, 2.05) is 60.8 Å². The molecule has 0 aliphatic carbocycles. The molecule has 0 spiro atoms. The van der Waals surface area contributed by atoms with E-state index in [9.17, 15) is 4.79 Å². The minimum absolute atomic E-state index is 0.239. The van der Waals surface area contributed by atoms with Crippen molar-refractivity contribution in [1.29, 1.82) is 0 Å². The van der Waals surface area contributed by atoms with Crippen molar-refractivity contribution in [2.24, 2.45) is 0 Å². The zero-order valence-corrected chi connectivity index (χ0v) is 11.7. The number of aromatic nitrogens is 1. The van der Waals surface area contributed by atoms with Gasteiger partial charge in [0.1, 0.15) is 6.61 Å². The maximum Gasteiger partial charge on any atom is 0.359 e.